The van der Waals surface area contributed by atoms with Crippen molar-refractivity contribution in [2.75, 3.05) is 0 Å². The van der Waals surface area contributed by atoms with Gasteiger partial charge in [-0.15, -0.1) is 0 Å². The summed E-state index contributed by atoms with van der Waals surface area (Å²) < 4.78 is 0. The van der Waals surface area contributed by atoms with Crippen LogP contribution < -0.4 is 5.48 Å². The maximum Gasteiger partial charge on any atom is 0.243 e. The second-order valence-corrected chi connectivity index (χ2v) is 4.10. The second-order valence-electron chi connectivity index (χ2n) is 4.10. The largest absolute Gasteiger partial charge is 0.289 e. The van der Waals surface area contributed by atoms with Crippen LogP contribution in [0, 0.1) is 0 Å². The number of carbonyl (C=O) groups is 1. The van der Waals surface area contributed by atoms with Crippen molar-refractivity contribution >= 4 is 5.91 Å². The molecule has 2 rings (SSSR count). The molecule has 0 bridgehead atoms. The molecule has 0 aliphatic rings. The molecule has 0 aliphatic heterocycles. The fourth-order valence-electron chi connectivity index (χ4n) is 1.81. The Hall–Kier alpha value is -2.13. The molecule has 0 saturated heterocycles. The minimum absolute atomic E-state index is 0.293. The average Bonchev–Trinajstić information content (AvgIpc) is 2.46. The van der Waals surface area contributed by atoms with Crippen LogP contribution in [0.1, 0.15) is 12.0 Å². The van der Waals surface area contributed by atoms with Gasteiger partial charge in [-0.25, -0.2) is 5.48 Å². The third-order valence-electron chi connectivity index (χ3n) is 2.83. The molecule has 0 heterocycles. The van der Waals surface area contributed by atoms with E-state index in [1.165, 1.54) is 5.56 Å². The molecule has 18 heavy (non-hydrogen) atoms. The summed E-state index contributed by atoms with van der Waals surface area (Å²) in [6.07, 6.45) is 0.919. The van der Waals surface area contributed by atoms with Crippen molar-refractivity contribution in [1.29, 1.82) is 0 Å². The van der Waals surface area contributed by atoms with Crippen molar-refractivity contribution in [2.45, 2.75) is 12.8 Å². The molecule has 3 nitrogen and oxygen atoms in total. The van der Waals surface area contributed by atoms with Gasteiger partial charge in [-0.2, -0.15) is 0 Å². The molecule has 0 spiro atoms. The molecule has 0 atom stereocenters. The van der Waals surface area contributed by atoms with Crippen LogP contribution in [0.25, 0.3) is 11.1 Å². The number of benzene rings is 2. The first kappa shape index (κ1) is 12.3. The van der Waals surface area contributed by atoms with Crippen molar-refractivity contribution in [3.63, 3.8) is 0 Å². The van der Waals surface area contributed by atoms with E-state index in [2.05, 4.69) is 12.1 Å². The van der Waals surface area contributed by atoms with Crippen LogP contribution in [0.15, 0.2) is 54.6 Å². The number of hydrogen-bond donors (Lipinski definition) is 2. The molecule has 3 heteroatoms. The lowest BCUT2D eigenvalue weighted by atomic mass is 10.0. The van der Waals surface area contributed by atoms with Gasteiger partial charge in [0.2, 0.25) is 5.91 Å². The van der Waals surface area contributed by atoms with E-state index in [0.717, 1.165) is 11.1 Å². The summed E-state index contributed by atoms with van der Waals surface area (Å²) in [5.41, 5.74) is 5.05. The Kier molecular flexibility index (Phi) is 4.10. The number of carbonyl (C=O) groups excluding carboxylic acids is 1. The molecule has 0 saturated carbocycles. The van der Waals surface area contributed by atoms with E-state index in [1.54, 1.807) is 5.48 Å². The minimum Gasteiger partial charge on any atom is -0.289 e. The quantitative estimate of drug-likeness (QED) is 0.638. The average molecular weight is 241 g/mol. The Morgan fingerprint density at radius 2 is 1.56 bits per heavy atom. The zero-order valence-electron chi connectivity index (χ0n) is 9.97. The van der Waals surface area contributed by atoms with Crippen molar-refractivity contribution in [1.82, 2.24) is 5.48 Å². The maximum atomic E-state index is 10.9. The van der Waals surface area contributed by atoms with Crippen molar-refractivity contribution in [2.24, 2.45) is 0 Å². The first-order valence-corrected chi connectivity index (χ1v) is 5.87. The molecule has 0 radical (unpaired) electrons. The highest BCUT2D eigenvalue weighted by atomic mass is 16.5. The highest BCUT2D eigenvalue weighted by Gasteiger charge is 2.01. The molecule has 2 aromatic carbocycles. The second kappa shape index (κ2) is 5.98. The summed E-state index contributed by atoms with van der Waals surface area (Å²) in [6, 6.07) is 18.2. The Morgan fingerprint density at radius 3 is 2.17 bits per heavy atom. The van der Waals surface area contributed by atoms with Gasteiger partial charge in [0.05, 0.1) is 0 Å². The van der Waals surface area contributed by atoms with E-state index in [-0.39, 0.29) is 5.91 Å². The normalized spacial score (nSPS) is 10.1. The van der Waals surface area contributed by atoms with Crippen LogP contribution >= 0.6 is 0 Å². The summed E-state index contributed by atoms with van der Waals surface area (Å²) in [5.74, 6) is -0.359. The van der Waals surface area contributed by atoms with Gasteiger partial charge in [0.1, 0.15) is 0 Å². The molecule has 0 fully saturated rings. The Labute approximate surface area is 106 Å². The Balaban J connectivity index is 2.04. The molecule has 0 aliphatic carbocycles. The molecule has 2 N–H and O–H groups in total. The van der Waals surface area contributed by atoms with Gasteiger partial charge in [0, 0.05) is 6.42 Å². The van der Waals surface area contributed by atoms with Crippen LogP contribution in [0.5, 0.6) is 0 Å². The van der Waals surface area contributed by atoms with Crippen LogP contribution in [0.2, 0.25) is 0 Å². The minimum atomic E-state index is -0.359. The molecular weight excluding hydrogens is 226 g/mol. The summed E-state index contributed by atoms with van der Waals surface area (Å²) in [5, 5.41) is 8.41. The fraction of sp³-hybridized carbons (Fsp3) is 0.133. The number of amides is 1. The monoisotopic (exact) mass is 241 g/mol. The van der Waals surface area contributed by atoms with E-state index in [9.17, 15) is 4.79 Å². The van der Waals surface area contributed by atoms with E-state index < -0.39 is 0 Å². The lowest BCUT2D eigenvalue weighted by Gasteiger charge is -2.04. The first-order valence-electron chi connectivity index (χ1n) is 5.87. The molecule has 2 aromatic rings. The zero-order valence-corrected chi connectivity index (χ0v) is 9.97. The van der Waals surface area contributed by atoms with Gasteiger partial charge in [0.25, 0.3) is 0 Å². The number of nitrogens with one attached hydrogen (secondary N) is 1. The van der Waals surface area contributed by atoms with Gasteiger partial charge in [0.15, 0.2) is 0 Å². The van der Waals surface area contributed by atoms with E-state index in [4.69, 9.17) is 5.21 Å². The Morgan fingerprint density at radius 1 is 0.944 bits per heavy atom. The SMILES string of the molecule is O=C(CCc1ccc(-c2ccccc2)cc1)NO. The predicted octanol–water partition coefficient (Wildman–Crippen LogP) is 2.79. The Bertz CT molecular complexity index is 506. The van der Waals surface area contributed by atoms with Crippen LogP contribution in [-0.2, 0) is 11.2 Å². The van der Waals surface area contributed by atoms with E-state index in [0.29, 0.717) is 12.8 Å². The summed E-state index contributed by atoms with van der Waals surface area (Å²) in [6.45, 7) is 0. The molecule has 1 amide bonds. The van der Waals surface area contributed by atoms with Gasteiger partial charge >= 0.3 is 0 Å². The first-order chi connectivity index (χ1) is 8.79. The lowest BCUT2D eigenvalue weighted by molar-refractivity contribution is -0.129. The predicted molar refractivity (Wildman–Crippen MR) is 70.1 cm³/mol. The third-order valence-corrected chi connectivity index (χ3v) is 2.83. The third kappa shape index (κ3) is 3.18. The smallest absolute Gasteiger partial charge is 0.243 e. The summed E-state index contributed by atoms with van der Waals surface area (Å²) in [4.78, 5) is 10.9. The fourth-order valence-corrected chi connectivity index (χ4v) is 1.81. The zero-order chi connectivity index (χ0) is 12.8. The lowest BCUT2D eigenvalue weighted by Crippen LogP contribution is -2.18. The van der Waals surface area contributed by atoms with Crippen molar-refractivity contribution in [3.05, 3.63) is 60.2 Å². The van der Waals surface area contributed by atoms with Gasteiger partial charge in [-0.05, 0) is 23.1 Å². The highest BCUT2D eigenvalue weighted by molar-refractivity contribution is 5.74. The maximum absolute atomic E-state index is 10.9. The van der Waals surface area contributed by atoms with Crippen LogP contribution in [0.4, 0.5) is 0 Å². The summed E-state index contributed by atoms with van der Waals surface area (Å²) >= 11 is 0. The van der Waals surface area contributed by atoms with Crippen LogP contribution in [0.3, 0.4) is 0 Å². The molecule has 92 valence electrons. The number of hydrogen-bond acceptors (Lipinski definition) is 2. The number of aryl methyl sites for hydroxylation is 1. The summed E-state index contributed by atoms with van der Waals surface area (Å²) in [7, 11) is 0. The van der Waals surface area contributed by atoms with Gasteiger partial charge in [-0.3, -0.25) is 10.0 Å². The van der Waals surface area contributed by atoms with Gasteiger partial charge in [-0.1, -0.05) is 54.6 Å². The van der Waals surface area contributed by atoms with E-state index >= 15 is 0 Å². The molecule has 0 unspecified atom stereocenters. The standard InChI is InChI=1S/C15H15NO2/c17-15(16-18)11-8-12-6-9-14(10-7-12)13-4-2-1-3-5-13/h1-7,9-10,18H,8,11H2,(H,16,17). The number of hydroxylamine groups is 1. The van der Waals surface area contributed by atoms with Crippen molar-refractivity contribution in [3.8, 4) is 11.1 Å². The van der Waals surface area contributed by atoms with Gasteiger partial charge < -0.3 is 0 Å². The number of rotatable bonds is 4. The van der Waals surface area contributed by atoms with Crippen LogP contribution in [-0.4, -0.2) is 11.1 Å². The highest BCUT2D eigenvalue weighted by Crippen LogP contribution is 2.19. The molecular formula is C15H15NO2. The topological polar surface area (TPSA) is 49.3 Å². The van der Waals surface area contributed by atoms with Crippen molar-refractivity contribution < 1.29 is 10.0 Å². The van der Waals surface area contributed by atoms with E-state index in [1.807, 2.05) is 42.5 Å². The molecule has 0 aromatic heterocycles.